The third-order valence-corrected chi connectivity index (χ3v) is 6.67. The number of hydrogen-bond donors (Lipinski definition) is 1. The van der Waals surface area contributed by atoms with Crippen molar-refractivity contribution in [3.8, 4) is 17.2 Å². The molecule has 0 bridgehead atoms. The first-order chi connectivity index (χ1) is 15.2. The number of carbonyl (C=O) groups is 1. The zero-order chi connectivity index (χ0) is 23.5. The number of nitro groups is 1. The normalized spacial score (nSPS) is 11.1. The van der Waals surface area contributed by atoms with Gasteiger partial charge in [-0.15, -0.1) is 0 Å². The predicted octanol–water partition coefficient (Wildman–Crippen LogP) is 3.73. The molecule has 0 aliphatic heterocycles. The van der Waals surface area contributed by atoms with Crippen LogP contribution in [0.3, 0.4) is 0 Å². The summed E-state index contributed by atoms with van der Waals surface area (Å²) in [6.07, 6.45) is 0.941. The van der Waals surface area contributed by atoms with Gasteiger partial charge in [0.2, 0.25) is 15.8 Å². The molecule has 0 radical (unpaired) electrons. The van der Waals surface area contributed by atoms with E-state index in [4.69, 9.17) is 5.73 Å². The van der Waals surface area contributed by atoms with Crippen LogP contribution in [0.4, 0.5) is 11.5 Å². The van der Waals surface area contributed by atoms with Gasteiger partial charge in [0, 0.05) is 23.3 Å². The van der Waals surface area contributed by atoms with Gasteiger partial charge >= 0.3 is 0 Å². The number of non-ortho nitro benzene ring substituents is 1. The van der Waals surface area contributed by atoms with Crippen LogP contribution in [0.25, 0.3) is 11.1 Å². The Morgan fingerprint density at radius 1 is 1.16 bits per heavy atom. The monoisotopic (exact) mass is 452 g/mol. The van der Waals surface area contributed by atoms with Crippen molar-refractivity contribution in [2.24, 2.45) is 0 Å². The number of hydrogen-bond acceptors (Lipinski definition) is 7. The lowest BCUT2D eigenvalue weighted by Crippen LogP contribution is -2.23. The van der Waals surface area contributed by atoms with Crippen molar-refractivity contribution in [3.05, 3.63) is 81.5 Å². The van der Waals surface area contributed by atoms with Crippen LogP contribution in [-0.2, 0) is 10.0 Å². The lowest BCUT2D eigenvalue weighted by molar-refractivity contribution is -0.384. The smallest absolute Gasteiger partial charge is 0.269 e. The molecule has 0 atom stereocenters. The second-order valence-electron chi connectivity index (χ2n) is 7.03. The Morgan fingerprint density at radius 2 is 1.78 bits per heavy atom. The molecule has 0 aliphatic rings. The molecule has 0 unspecified atom stereocenters. The number of nitro benzene ring substituents is 1. The molecule has 32 heavy (non-hydrogen) atoms. The maximum atomic E-state index is 13.5. The van der Waals surface area contributed by atoms with Gasteiger partial charge < -0.3 is 5.73 Å². The van der Waals surface area contributed by atoms with Crippen LogP contribution in [0.5, 0.6) is 0 Å². The molecule has 0 amide bonds. The Bertz CT molecular complexity index is 1320. The topological polar surface area (TPSA) is 149 Å². The van der Waals surface area contributed by atoms with E-state index in [9.17, 15) is 28.6 Å². The fourth-order valence-electron chi connectivity index (χ4n) is 3.35. The van der Waals surface area contributed by atoms with Gasteiger partial charge in [-0.05, 0) is 24.1 Å². The molecule has 0 saturated carbocycles. The number of nitrogens with two attached hydrogens (primary N) is 1. The molecule has 164 valence electrons. The predicted molar refractivity (Wildman–Crippen MR) is 120 cm³/mol. The maximum Gasteiger partial charge on any atom is 0.269 e. The molecule has 10 heteroatoms. The summed E-state index contributed by atoms with van der Waals surface area (Å²) in [6, 6.07) is 15.1. The second kappa shape index (κ2) is 9.03. The summed E-state index contributed by atoms with van der Waals surface area (Å²) < 4.78 is 27.1. The molecule has 3 aromatic rings. The molecule has 0 fully saturated rings. The van der Waals surface area contributed by atoms with Crippen LogP contribution >= 0.6 is 0 Å². The highest BCUT2D eigenvalue weighted by Gasteiger charge is 2.33. The Hall–Kier alpha value is -3.97. The third-order valence-electron chi connectivity index (χ3n) is 4.93. The van der Waals surface area contributed by atoms with Crippen molar-refractivity contribution in [2.75, 3.05) is 11.5 Å². The van der Waals surface area contributed by atoms with Gasteiger partial charge in [0.25, 0.3) is 5.69 Å². The van der Waals surface area contributed by atoms with E-state index in [1.165, 1.54) is 36.4 Å². The molecule has 1 aromatic heterocycles. The van der Waals surface area contributed by atoms with E-state index in [1.807, 2.05) is 13.0 Å². The number of rotatable bonds is 8. The number of ketones is 1. The van der Waals surface area contributed by atoms with Crippen molar-refractivity contribution < 1.29 is 18.1 Å². The number of nitrogen functional groups attached to an aromatic ring is 1. The molecule has 0 saturated heterocycles. The van der Waals surface area contributed by atoms with Crippen LogP contribution in [0, 0.1) is 21.4 Å². The van der Waals surface area contributed by atoms with Crippen LogP contribution in [0.2, 0.25) is 0 Å². The minimum atomic E-state index is -4.07. The van der Waals surface area contributed by atoms with Gasteiger partial charge in [-0.3, -0.25) is 14.9 Å². The van der Waals surface area contributed by atoms with Gasteiger partial charge in [-0.25, -0.2) is 12.4 Å². The van der Waals surface area contributed by atoms with Gasteiger partial charge in [0.05, 0.1) is 10.7 Å². The van der Waals surface area contributed by atoms with E-state index >= 15 is 0 Å². The SMILES string of the molecule is CCCCS(=O)(=O)n1c(N)c(C#N)c(-c2ccc([N+](=O)[O-])cc2)c1C(=O)c1ccccc1. The average Bonchev–Trinajstić information content (AvgIpc) is 3.10. The van der Waals surface area contributed by atoms with Gasteiger partial charge in [-0.1, -0.05) is 43.7 Å². The fourth-order valence-corrected chi connectivity index (χ4v) is 5.03. The van der Waals surface area contributed by atoms with Crippen LogP contribution < -0.4 is 5.73 Å². The molecule has 9 nitrogen and oxygen atoms in total. The second-order valence-corrected chi connectivity index (χ2v) is 8.97. The summed E-state index contributed by atoms with van der Waals surface area (Å²) in [5.41, 5.74) is 5.97. The lowest BCUT2D eigenvalue weighted by atomic mass is 9.97. The van der Waals surface area contributed by atoms with Crippen molar-refractivity contribution in [2.45, 2.75) is 19.8 Å². The van der Waals surface area contributed by atoms with E-state index in [0.29, 0.717) is 12.8 Å². The summed E-state index contributed by atoms with van der Waals surface area (Å²) in [5.74, 6) is -1.26. The quantitative estimate of drug-likeness (QED) is 0.311. The number of anilines is 1. The summed E-state index contributed by atoms with van der Waals surface area (Å²) in [7, 11) is -4.07. The van der Waals surface area contributed by atoms with Gasteiger partial charge in [0.15, 0.2) is 0 Å². The summed E-state index contributed by atoms with van der Waals surface area (Å²) in [6.45, 7) is 1.83. The highest BCUT2D eigenvalue weighted by Crippen LogP contribution is 2.37. The van der Waals surface area contributed by atoms with E-state index in [-0.39, 0.29) is 45.2 Å². The first kappa shape index (κ1) is 22.7. The first-order valence-corrected chi connectivity index (χ1v) is 11.4. The Morgan fingerprint density at radius 3 is 2.31 bits per heavy atom. The number of nitriles is 1. The average molecular weight is 452 g/mol. The third kappa shape index (κ3) is 4.10. The van der Waals surface area contributed by atoms with Crippen molar-refractivity contribution >= 4 is 27.3 Å². The molecule has 3 rings (SSSR count). The lowest BCUT2D eigenvalue weighted by Gasteiger charge is -2.13. The standard InChI is InChI=1S/C22H20N4O5S/c1-2-3-13-32(30,31)25-20(21(27)16-7-5-4-6-8-16)19(18(14-23)22(25)24)15-9-11-17(12-10-15)26(28)29/h4-12H,2-3,13,24H2,1H3. The van der Waals surface area contributed by atoms with Gasteiger partial charge in [-0.2, -0.15) is 5.26 Å². The molecular formula is C22H20N4O5S. The maximum absolute atomic E-state index is 13.5. The number of nitrogens with zero attached hydrogens (tertiary/aromatic N) is 3. The molecule has 2 aromatic carbocycles. The zero-order valence-corrected chi connectivity index (χ0v) is 18.0. The molecule has 0 aliphatic carbocycles. The highest BCUT2D eigenvalue weighted by atomic mass is 32.2. The zero-order valence-electron chi connectivity index (χ0n) is 17.2. The van der Waals surface area contributed by atoms with E-state index in [1.54, 1.807) is 18.2 Å². The van der Waals surface area contributed by atoms with Gasteiger partial charge in [0.1, 0.15) is 23.1 Å². The van der Waals surface area contributed by atoms with E-state index in [0.717, 1.165) is 3.97 Å². The minimum absolute atomic E-state index is 0.0221. The van der Waals surface area contributed by atoms with E-state index in [2.05, 4.69) is 0 Å². The Labute approximate surface area is 184 Å². The summed E-state index contributed by atoms with van der Waals surface area (Å²) >= 11 is 0. The van der Waals surface area contributed by atoms with Crippen molar-refractivity contribution in [1.82, 2.24) is 3.97 Å². The first-order valence-electron chi connectivity index (χ1n) is 9.75. The fraction of sp³-hybridized carbons (Fsp3) is 0.182. The largest absolute Gasteiger partial charge is 0.383 e. The van der Waals surface area contributed by atoms with Crippen molar-refractivity contribution in [1.29, 1.82) is 5.26 Å². The molecule has 1 heterocycles. The van der Waals surface area contributed by atoms with E-state index < -0.39 is 20.7 Å². The molecular weight excluding hydrogens is 432 g/mol. The van der Waals surface area contributed by atoms with Crippen LogP contribution in [0.1, 0.15) is 41.4 Å². The summed E-state index contributed by atoms with van der Waals surface area (Å²) in [5, 5.41) is 20.8. The van der Waals surface area contributed by atoms with Crippen LogP contribution in [-0.4, -0.2) is 28.8 Å². The van der Waals surface area contributed by atoms with Crippen molar-refractivity contribution in [3.63, 3.8) is 0 Å². The highest BCUT2D eigenvalue weighted by molar-refractivity contribution is 7.90. The molecule has 2 N–H and O–H groups in total. The minimum Gasteiger partial charge on any atom is -0.383 e. The molecule has 0 spiro atoms. The summed E-state index contributed by atoms with van der Waals surface area (Å²) in [4.78, 5) is 23.9. The Balaban J connectivity index is 2.37. The number of carbonyl (C=O) groups excluding carboxylic acids is 1. The number of benzene rings is 2. The number of aromatic nitrogens is 1. The number of unbranched alkanes of at least 4 members (excludes halogenated alkanes) is 1. The Kier molecular flexibility index (Phi) is 6.41. The van der Waals surface area contributed by atoms with Crippen LogP contribution in [0.15, 0.2) is 54.6 Å².